The molecule has 0 spiro atoms. The van der Waals surface area contributed by atoms with Crippen molar-refractivity contribution >= 4 is 62.2 Å². The Morgan fingerprint density at radius 3 is 2.57 bits per heavy atom. The maximum Gasteiger partial charge on any atom is 0.326 e. The number of carboxylic acids is 1. The molecule has 3 rings (SSSR count). The van der Waals surface area contributed by atoms with Gasteiger partial charge < -0.3 is 9.52 Å². The van der Waals surface area contributed by atoms with E-state index in [0.29, 0.717) is 22.8 Å². The van der Waals surface area contributed by atoms with Crippen LogP contribution in [0.15, 0.2) is 50.2 Å². The van der Waals surface area contributed by atoms with Crippen molar-refractivity contribution in [3.63, 3.8) is 0 Å². The topological polar surface area (TPSA) is 70.8 Å². The summed E-state index contributed by atoms with van der Waals surface area (Å²) in [6, 6.07) is 10.3. The molecule has 1 saturated heterocycles. The lowest BCUT2D eigenvalue weighted by Crippen LogP contribution is -2.44. The molecule has 28 heavy (non-hydrogen) atoms. The van der Waals surface area contributed by atoms with Crippen LogP contribution in [0.2, 0.25) is 0 Å². The average molecular weight is 480 g/mol. The van der Waals surface area contributed by atoms with E-state index in [0.717, 1.165) is 21.8 Å². The van der Waals surface area contributed by atoms with Crippen LogP contribution in [0, 0.1) is 5.92 Å². The van der Waals surface area contributed by atoms with Crippen molar-refractivity contribution in [3.8, 4) is 11.3 Å². The molecule has 0 bridgehead atoms. The van der Waals surface area contributed by atoms with Crippen molar-refractivity contribution in [1.82, 2.24) is 4.90 Å². The van der Waals surface area contributed by atoms with Gasteiger partial charge in [0.1, 0.15) is 21.9 Å². The van der Waals surface area contributed by atoms with Gasteiger partial charge in [0.15, 0.2) is 0 Å². The highest BCUT2D eigenvalue weighted by Crippen LogP contribution is 2.36. The molecule has 2 aromatic rings. The smallest absolute Gasteiger partial charge is 0.326 e. The second kappa shape index (κ2) is 8.63. The first-order valence-corrected chi connectivity index (χ1v) is 10.6. The number of benzene rings is 1. The second-order valence-corrected chi connectivity index (χ2v) is 9.34. The van der Waals surface area contributed by atoms with Crippen molar-refractivity contribution < 1.29 is 19.1 Å². The van der Waals surface area contributed by atoms with E-state index in [1.165, 1.54) is 4.90 Å². The molecule has 146 valence electrons. The molecular weight excluding hydrogens is 462 g/mol. The molecule has 0 saturated carbocycles. The molecule has 0 aliphatic carbocycles. The molecule has 1 aliphatic heterocycles. The zero-order valence-electron chi connectivity index (χ0n) is 15.2. The Labute approximate surface area is 180 Å². The largest absolute Gasteiger partial charge is 0.480 e. The number of carbonyl (C=O) groups excluding carboxylic acids is 1. The lowest BCUT2D eigenvalue weighted by Gasteiger charge is -2.24. The summed E-state index contributed by atoms with van der Waals surface area (Å²) in [5.41, 5.74) is 0.915. The summed E-state index contributed by atoms with van der Waals surface area (Å²) in [7, 11) is 0. The molecule has 0 radical (unpaired) electrons. The van der Waals surface area contributed by atoms with Crippen LogP contribution in [0.25, 0.3) is 17.4 Å². The minimum Gasteiger partial charge on any atom is -0.480 e. The van der Waals surface area contributed by atoms with Crippen molar-refractivity contribution in [2.24, 2.45) is 5.92 Å². The number of carbonyl (C=O) groups is 2. The van der Waals surface area contributed by atoms with E-state index in [9.17, 15) is 14.7 Å². The van der Waals surface area contributed by atoms with E-state index in [1.54, 1.807) is 12.1 Å². The van der Waals surface area contributed by atoms with Crippen LogP contribution in [0.3, 0.4) is 0 Å². The van der Waals surface area contributed by atoms with Crippen molar-refractivity contribution in [2.75, 3.05) is 0 Å². The summed E-state index contributed by atoms with van der Waals surface area (Å²) in [6.45, 7) is 3.83. The Morgan fingerprint density at radius 1 is 1.29 bits per heavy atom. The lowest BCUT2D eigenvalue weighted by atomic mass is 10.0. The summed E-state index contributed by atoms with van der Waals surface area (Å²) in [6.07, 6.45) is 1.94. The number of amides is 1. The van der Waals surface area contributed by atoms with Crippen LogP contribution in [0.1, 0.15) is 26.0 Å². The second-order valence-electron chi connectivity index (χ2n) is 6.74. The maximum atomic E-state index is 12.8. The zero-order valence-corrected chi connectivity index (χ0v) is 18.4. The van der Waals surface area contributed by atoms with Crippen molar-refractivity contribution in [2.45, 2.75) is 26.3 Å². The van der Waals surface area contributed by atoms with E-state index in [1.807, 2.05) is 44.2 Å². The number of halogens is 1. The minimum atomic E-state index is -1.05. The van der Waals surface area contributed by atoms with Crippen LogP contribution in [-0.2, 0) is 9.59 Å². The van der Waals surface area contributed by atoms with Crippen LogP contribution in [-0.4, -0.2) is 32.2 Å². The molecule has 1 aromatic carbocycles. The van der Waals surface area contributed by atoms with Gasteiger partial charge in [0.25, 0.3) is 5.91 Å². The van der Waals surface area contributed by atoms with Crippen LogP contribution >= 0.6 is 39.9 Å². The SMILES string of the molecule is CC(C)CC(C(=O)O)N1C(=O)C(=Cc2ccc(-c3ccc(Br)cc3)o2)SC1=S. The molecule has 1 aliphatic rings. The van der Waals surface area contributed by atoms with Gasteiger partial charge in [-0.2, -0.15) is 0 Å². The number of rotatable bonds is 6. The zero-order chi connectivity index (χ0) is 20.4. The fourth-order valence-corrected chi connectivity index (χ4v) is 4.44. The fraction of sp³-hybridized carbons (Fsp3) is 0.250. The van der Waals surface area contributed by atoms with E-state index in [2.05, 4.69) is 15.9 Å². The number of carboxylic acid groups (broad SMARTS) is 1. The molecule has 2 heterocycles. The van der Waals surface area contributed by atoms with Gasteiger partial charge >= 0.3 is 5.97 Å². The third kappa shape index (κ3) is 4.56. The van der Waals surface area contributed by atoms with Gasteiger partial charge in [-0.25, -0.2) is 4.79 Å². The highest BCUT2D eigenvalue weighted by atomic mass is 79.9. The number of thiocarbonyl (C=S) groups is 1. The quantitative estimate of drug-likeness (QED) is 0.441. The molecule has 1 fully saturated rings. The van der Waals surface area contributed by atoms with Gasteiger partial charge in [-0.15, -0.1) is 0 Å². The minimum absolute atomic E-state index is 0.119. The first kappa shape index (κ1) is 20.8. The third-order valence-corrected chi connectivity index (χ3v) is 6.00. The number of hydrogen-bond acceptors (Lipinski definition) is 5. The van der Waals surface area contributed by atoms with Crippen LogP contribution in [0.5, 0.6) is 0 Å². The maximum absolute atomic E-state index is 12.8. The Bertz CT molecular complexity index is 949. The van der Waals surface area contributed by atoms with Gasteiger partial charge in [-0.3, -0.25) is 9.69 Å². The Hall–Kier alpha value is -1.90. The van der Waals surface area contributed by atoms with E-state index < -0.39 is 17.9 Å². The monoisotopic (exact) mass is 479 g/mol. The summed E-state index contributed by atoms with van der Waals surface area (Å²) >= 11 is 9.77. The van der Waals surface area contributed by atoms with Crippen LogP contribution < -0.4 is 0 Å². The van der Waals surface area contributed by atoms with Crippen molar-refractivity contribution in [3.05, 3.63) is 51.5 Å². The molecule has 1 unspecified atom stereocenters. The Kier molecular flexibility index (Phi) is 6.42. The predicted octanol–water partition coefficient (Wildman–Crippen LogP) is 5.41. The third-order valence-electron chi connectivity index (χ3n) is 4.14. The van der Waals surface area contributed by atoms with E-state index in [4.69, 9.17) is 16.6 Å². The number of hydrogen-bond donors (Lipinski definition) is 1. The average Bonchev–Trinajstić information content (AvgIpc) is 3.19. The number of furan rings is 1. The van der Waals surface area contributed by atoms with Gasteiger partial charge in [-0.1, -0.05) is 65.9 Å². The molecule has 1 N–H and O–H groups in total. The van der Waals surface area contributed by atoms with Gasteiger partial charge in [0.05, 0.1) is 4.91 Å². The summed E-state index contributed by atoms with van der Waals surface area (Å²) in [5.74, 6) is -0.147. The van der Waals surface area contributed by atoms with E-state index in [-0.39, 0.29) is 10.2 Å². The molecule has 1 atom stereocenters. The molecule has 5 nitrogen and oxygen atoms in total. The fourth-order valence-electron chi connectivity index (χ4n) is 2.84. The predicted molar refractivity (Wildman–Crippen MR) is 118 cm³/mol. The van der Waals surface area contributed by atoms with Crippen molar-refractivity contribution in [1.29, 1.82) is 0 Å². The van der Waals surface area contributed by atoms with Gasteiger partial charge in [0, 0.05) is 16.1 Å². The summed E-state index contributed by atoms with van der Waals surface area (Å²) < 4.78 is 7.05. The van der Waals surface area contributed by atoms with Gasteiger partial charge in [-0.05, 0) is 36.6 Å². The highest BCUT2D eigenvalue weighted by molar-refractivity contribution is 9.10. The Balaban J connectivity index is 1.84. The summed E-state index contributed by atoms with van der Waals surface area (Å²) in [5, 5.41) is 9.54. The molecular formula is C20H18BrNO4S2. The van der Waals surface area contributed by atoms with E-state index >= 15 is 0 Å². The first-order chi connectivity index (χ1) is 13.3. The van der Waals surface area contributed by atoms with Crippen LogP contribution in [0.4, 0.5) is 0 Å². The molecule has 1 amide bonds. The number of nitrogens with zero attached hydrogens (tertiary/aromatic N) is 1. The highest BCUT2D eigenvalue weighted by Gasteiger charge is 2.40. The first-order valence-electron chi connectivity index (χ1n) is 8.62. The lowest BCUT2D eigenvalue weighted by molar-refractivity contribution is -0.145. The molecule has 8 heteroatoms. The molecule has 1 aromatic heterocycles. The standard InChI is InChI=1S/C20H18BrNO4S2/c1-11(2)9-15(19(24)25)22-18(23)17(28-20(22)27)10-14-7-8-16(26-14)12-3-5-13(21)6-4-12/h3-8,10-11,15H,9H2,1-2H3,(H,24,25). The number of aliphatic carboxylic acids is 1. The Morgan fingerprint density at radius 2 is 1.96 bits per heavy atom. The number of thioether (sulfide) groups is 1. The summed E-state index contributed by atoms with van der Waals surface area (Å²) in [4.78, 5) is 26.0. The van der Waals surface area contributed by atoms with Gasteiger partial charge in [0.2, 0.25) is 0 Å². The normalized spacial score (nSPS) is 17.0.